The number of nitrogens with one attached hydrogen (secondary N) is 1. The van der Waals surface area contributed by atoms with E-state index in [2.05, 4.69) is 21.2 Å². The maximum absolute atomic E-state index is 11.7. The van der Waals surface area contributed by atoms with Crippen LogP contribution in [-0.2, 0) is 0 Å². The second-order valence-electron chi connectivity index (χ2n) is 4.02. The van der Waals surface area contributed by atoms with E-state index in [4.69, 9.17) is 0 Å². The fraction of sp³-hybridized carbons (Fsp3) is 0.417. The van der Waals surface area contributed by atoms with E-state index in [1.807, 2.05) is 24.3 Å². The second kappa shape index (κ2) is 4.79. The molecule has 0 spiro atoms. The van der Waals surface area contributed by atoms with E-state index >= 15 is 0 Å². The Labute approximate surface area is 98.2 Å². The molecule has 1 fully saturated rings. The lowest BCUT2D eigenvalue weighted by atomic mass is 9.85. The third-order valence-electron chi connectivity index (χ3n) is 2.86. The van der Waals surface area contributed by atoms with Gasteiger partial charge in [0.15, 0.2) is 0 Å². The SMILES string of the molecule is O=C(NCC1CCC1)c1cccc(Br)c1. The van der Waals surface area contributed by atoms with Crippen LogP contribution in [0.25, 0.3) is 0 Å². The van der Waals surface area contributed by atoms with Gasteiger partial charge in [-0.3, -0.25) is 4.79 Å². The van der Waals surface area contributed by atoms with Gasteiger partial charge in [0.2, 0.25) is 0 Å². The molecular formula is C12H14BrNO. The minimum absolute atomic E-state index is 0.0307. The van der Waals surface area contributed by atoms with Gasteiger partial charge < -0.3 is 5.32 Å². The highest BCUT2D eigenvalue weighted by Crippen LogP contribution is 2.25. The summed E-state index contributed by atoms with van der Waals surface area (Å²) in [6.07, 6.45) is 3.84. The number of carbonyl (C=O) groups is 1. The number of rotatable bonds is 3. The zero-order valence-electron chi connectivity index (χ0n) is 8.50. The molecule has 1 N–H and O–H groups in total. The fourth-order valence-corrected chi connectivity index (χ4v) is 2.06. The predicted molar refractivity (Wildman–Crippen MR) is 63.8 cm³/mol. The van der Waals surface area contributed by atoms with Crippen molar-refractivity contribution in [3.8, 4) is 0 Å². The molecule has 0 aliphatic heterocycles. The van der Waals surface area contributed by atoms with Crippen LogP contribution in [-0.4, -0.2) is 12.5 Å². The summed E-state index contributed by atoms with van der Waals surface area (Å²) < 4.78 is 0.943. The van der Waals surface area contributed by atoms with E-state index < -0.39 is 0 Å². The molecule has 1 aromatic carbocycles. The van der Waals surface area contributed by atoms with Gasteiger partial charge in [-0.15, -0.1) is 0 Å². The van der Waals surface area contributed by atoms with Gasteiger partial charge in [-0.1, -0.05) is 28.4 Å². The molecule has 0 bridgehead atoms. The van der Waals surface area contributed by atoms with Crippen molar-refractivity contribution in [2.45, 2.75) is 19.3 Å². The first kappa shape index (κ1) is 10.7. The molecule has 0 unspecified atom stereocenters. The van der Waals surface area contributed by atoms with Crippen LogP contribution in [0, 0.1) is 5.92 Å². The lowest BCUT2D eigenvalue weighted by Gasteiger charge is -2.25. The standard InChI is InChI=1S/C12H14BrNO/c13-11-6-2-5-10(7-11)12(15)14-8-9-3-1-4-9/h2,5-7,9H,1,3-4,8H2,(H,14,15). The normalized spacial score (nSPS) is 15.8. The molecular weight excluding hydrogens is 254 g/mol. The van der Waals surface area contributed by atoms with Crippen LogP contribution in [0.2, 0.25) is 0 Å². The fourth-order valence-electron chi connectivity index (χ4n) is 1.67. The Bertz CT molecular complexity index is 360. The summed E-state index contributed by atoms with van der Waals surface area (Å²) in [7, 11) is 0. The summed E-state index contributed by atoms with van der Waals surface area (Å²) in [6, 6.07) is 7.47. The minimum atomic E-state index is 0.0307. The Morgan fingerprint density at radius 3 is 2.87 bits per heavy atom. The number of halogens is 1. The summed E-state index contributed by atoms with van der Waals surface area (Å²) in [6.45, 7) is 0.825. The molecule has 3 heteroatoms. The monoisotopic (exact) mass is 267 g/mol. The molecule has 0 heterocycles. The summed E-state index contributed by atoms with van der Waals surface area (Å²) in [5.74, 6) is 0.740. The van der Waals surface area contributed by atoms with Gasteiger partial charge in [-0.05, 0) is 37.0 Å². The van der Waals surface area contributed by atoms with Crippen molar-refractivity contribution in [1.82, 2.24) is 5.32 Å². The Morgan fingerprint density at radius 2 is 2.27 bits per heavy atom. The minimum Gasteiger partial charge on any atom is -0.352 e. The van der Waals surface area contributed by atoms with Crippen LogP contribution in [0.1, 0.15) is 29.6 Å². The molecule has 1 saturated carbocycles. The van der Waals surface area contributed by atoms with Crippen LogP contribution in [0.15, 0.2) is 28.7 Å². The summed E-state index contributed by atoms with van der Waals surface area (Å²) in [4.78, 5) is 11.7. The first-order chi connectivity index (χ1) is 7.25. The van der Waals surface area contributed by atoms with Crippen molar-refractivity contribution in [3.05, 3.63) is 34.3 Å². The first-order valence-corrected chi connectivity index (χ1v) is 6.09. The van der Waals surface area contributed by atoms with E-state index in [1.165, 1.54) is 19.3 Å². The highest BCUT2D eigenvalue weighted by atomic mass is 79.9. The third kappa shape index (κ3) is 2.81. The molecule has 1 aliphatic carbocycles. The van der Waals surface area contributed by atoms with Crippen LogP contribution in [0.5, 0.6) is 0 Å². The maximum Gasteiger partial charge on any atom is 0.251 e. The number of amides is 1. The van der Waals surface area contributed by atoms with Crippen LogP contribution in [0.3, 0.4) is 0 Å². The van der Waals surface area contributed by atoms with Crippen LogP contribution in [0.4, 0.5) is 0 Å². The van der Waals surface area contributed by atoms with Crippen LogP contribution >= 0.6 is 15.9 Å². The van der Waals surface area contributed by atoms with Gasteiger partial charge >= 0.3 is 0 Å². The number of carbonyl (C=O) groups excluding carboxylic acids is 1. The van der Waals surface area contributed by atoms with Gasteiger partial charge in [0.05, 0.1) is 0 Å². The lowest BCUT2D eigenvalue weighted by molar-refractivity contribution is 0.0939. The van der Waals surface area contributed by atoms with Gasteiger partial charge in [-0.2, -0.15) is 0 Å². The molecule has 0 atom stereocenters. The summed E-state index contributed by atoms with van der Waals surface area (Å²) in [5.41, 5.74) is 0.726. The molecule has 0 saturated heterocycles. The molecule has 15 heavy (non-hydrogen) atoms. The molecule has 1 aromatic rings. The van der Waals surface area contributed by atoms with Gasteiger partial charge in [0.1, 0.15) is 0 Å². The lowest BCUT2D eigenvalue weighted by Crippen LogP contribution is -2.32. The summed E-state index contributed by atoms with van der Waals surface area (Å²) in [5, 5.41) is 2.97. The molecule has 80 valence electrons. The largest absolute Gasteiger partial charge is 0.352 e. The zero-order valence-corrected chi connectivity index (χ0v) is 10.1. The predicted octanol–water partition coefficient (Wildman–Crippen LogP) is 2.98. The molecule has 1 amide bonds. The second-order valence-corrected chi connectivity index (χ2v) is 4.93. The van der Waals surface area contributed by atoms with E-state index in [0.717, 1.165) is 16.6 Å². The Hall–Kier alpha value is -0.830. The zero-order chi connectivity index (χ0) is 10.7. The van der Waals surface area contributed by atoms with Crippen molar-refractivity contribution in [2.75, 3.05) is 6.54 Å². The molecule has 0 aromatic heterocycles. The van der Waals surface area contributed by atoms with Crippen molar-refractivity contribution < 1.29 is 4.79 Å². The van der Waals surface area contributed by atoms with Crippen molar-refractivity contribution in [3.63, 3.8) is 0 Å². The van der Waals surface area contributed by atoms with Gasteiger partial charge in [0, 0.05) is 16.6 Å². The Balaban J connectivity index is 1.89. The quantitative estimate of drug-likeness (QED) is 0.897. The van der Waals surface area contributed by atoms with Gasteiger partial charge in [0.25, 0.3) is 5.91 Å². The molecule has 1 aliphatic rings. The van der Waals surface area contributed by atoms with E-state index in [0.29, 0.717) is 5.92 Å². The van der Waals surface area contributed by atoms with E-state index in [1.54, 1.807) is 0 Å². The third-order valence-corrected chi connectivity index (χ3v) is 3.36. The topological polar surface area (TPSA) is 29.1 Å². The first-order valence-electron chi connectivity index (χ1n) is 5.29. The number of hydrogen-bond acceptors (Lipinski definition) is 1. The highest BCUT2D eigenvalue weighted by Gasteiger charge is 2.18. The number of benzene rings is 1. The van der Waals surface area contributed by atoms with Gasteiger partial charge in [-0.25, -0.2) is 0 Å². The van der Waals surface area contributed by atoms with Crippen LogP contribution < -0.4 is 5.32 Å². The van der Waals surface area contributed by atoms with E-state index in [9.17, 15) is 4.79 Å². The number of hydrogen-bond donors (Lipinski definition) is 1. The highest BCUT2D eigenvalue weighted by molar-refractivity contribution is 9.10. The Morgan fingerprint density at radius 1 is 1.47 bits per heavy atom. The van der Waals surface area contributed by atoms with E-state index in [-0.39, 0.29) is 5.91 Å². The summed E-state index contributed by atoms with van der Waals surface area (Å²) >= 11 is 3.36. The average molecular weight is 268 g/mol. The smallest absolute Gasteiger partial charge is 0.251 e. The Kier molecular flexibility index (Phi) is 3.41. The molecule has 0 radical (unpaired) electrons. The van der Waals surface area contributed by atoms with Crippen molar-refractivity contribution >= 4 is 21.8 Å². The molecule has 2 rings (SSSR count). The van der Waals surface area contributed by atoms with Crippen molar-refractivity contribution in [2.24, 2.45) is 5.92 Å². The maximum atomic E-state index is 11.7. The average Bonchev–Trinajstić information content (AvgIpc) is 2.15. The van der Waals surface area contributed by atoms with Crippen molar-refractivity contribution in [1.29, 1.82) is 0 Å². The molecule has 2 nitrogen and oxygen atoms in total.